The molecule has 3 rings (SSSR count). The van der Waals surface area contributed by atoms with E-state index < -0.39 is 0 Å². The maximum atomic E-state index is 6.06. The smallest absolute Gasteiger partial charge is 0.0665 e. The van der Waals surface area contributed by atoms with Crippen LogP contribution < -0.4 is 5.32 Å². The number of ether oxygens (including phenoxy) is 2. The fourth-order valence-electron chi connectivity index (χ4n) is 3.23. The molecule has 0 bridgehead atoms. The van der Waals surface area contributed by atoms with Gasteiger partial charge in [0, 0.05) is 31.7 Å². The van der Waals surface area contributed by atoms with E-state index in [1.165, 1.54) is 38.5 Å². The lowest BCUT2D eigenvalue weighted by Gasteiger charge is -2.38. The standard InChI is InChI=1S/C14H25NO2/c1-4-12(10-16-7-1)14-11(3-2-8-17-14)9-15-13-5-6-13/h11-15H,1-10H2. The molecular formula is C14H25NO2. The predicted octanol–water partition coefficient (Wildman–Crippen LogP) is 1.96. The van der Waals surface area contributed by atoms with Crippen molar-refractivity contribution in [3.63, 3.8) is 0 Å². The van der Waals surface area contributed by atoms with E-state index >= 15 is 0 Å². The summed E-state index contributed by atoms with van der Waals surface area (Å²) in [4.78, 5) is 0. The molecule has 98 valence electrons. The highest BCUT2D eigenvalue weighted by Gasteiger charge is 2.34. The van der Waals surface area contributed by atoms with E-state index in [0.29, 0.717) is 12.0 Å². The Morgan fingerprint density at radius 3 is 2.65 bits per heavy atom. The third-order valence-electron chi connectivity index (χ3n) is 4.40. The average molecular weight is 239 g/mol. The predicted molar refractivity (Wildman–Crippen MR) is 67.0 cm³/mol. The second-order valence-corrected chi connectivity index (χ2v) is 5.90. The highest BCUT2D eigenvalue weighted by Crippen LogP contribution is 2.31. The van der Waals surface area contributed by atoms with Gasteiger partial charge in [-0.25, -0.2) is 0 Å². The number of hydrogen-bond acceptors (Lipinski definition) is 3. The summed E-state index contributed by atoms with van der Waals surface area (Å²) in [5.41, 5.74) is 0. The van der Waals surface area contributed by atoms with Crippen LogP contribution in [0.2, 0.25) is 0 Å². The van der Waals surface area contributed by atoms with Gasteiger partial charge in [0.25, 0.3) is 0 Å². The van der Waals surface area contributed by atoms with Crippen LogP contribution >= 0.6 is 0 Å². The van der Waals surface area contributed by atoms with Crippen LogP contribution in [0.15, 0.2) is 0 Å². The highest BCUT2D eigenvalue weighted by molar-refractivity contribution is 4.87. The normalized spacial score (nSPS) is 39.2. The molecule has 0 radical (unpaired) electrons. The van der Waals surface area contributed by atoms with Crippen molar-refractivity contribution in [3.8, 4) is 0 Å². The van der Waals surface area contributed by atoms with E-state index in [0.717, 1.165) is 38.3 Å². The van der Waals surface area contributed by atoms with Crippen molar-refractivity contribution < 1.29 is 9.47 Å². The monoisotopic (exact) mass is 239 g/mol. The Hall–Kier alpha value is -0.120. The topological polar surface area (TPSA) is 30.5 Å². The quantitative estimate of drug-likeness (QED) is 0.813. The molecule has 1 saturated carbocycles. The van der Waals surface area contributed by atoms with Gasteiger partial charge in [-0.3, -0.25) is 0 Å². The summed E-state index contributed by atoms with van der Waals surface area (Å²) in [6.07, 6.45) is 8.30. The molecule has 3 fully saturated rings. The Morgan fingerprint density at radius 2 is 1.88 bits per heavy atom. The molecule has 3 heteroatoms. The minimum Gasteiger partial charge on any atom is -0.381 e. The van der Waals surface area contributed by atoms with Gasteiger partial charge in [-0.2, -0.15) is 0 Å². The molecule has 2 aliphatic heterocycles. The molecule has 0 amide bonds. The Bertz CT molecular complexity index is 236. The SMILES string of the molecule is C1COC(C2CCCOC2)C(CNC2CC2)C1. The number of hydrogen-bond donors (Lipinski definition) is 1. The Balaban J connectivity index is 1.53. The molecule has 3 nitrogen and oxygen atoms in total. The summed E-state index contributed by atoms with van der Waals surface area (Å²) in [7, 11) is 0. The number of nitrogens with one attached hydrogen (secondary N) is 1. The first-order chi connectivity index (χ1) is 8.43. The molecule has 0 aromatic heterocycles. The first-order valence-corrected chi connectivity index (χ1v) is 7.36. The summed E-state index contributed by atoms with van der Waals surface area (Å²) in [6, 6.07) is 0.820. The van der Waals surface area contributed by atoms with E-state index in [-0.39, 0.29) is 0 Å². The molecule has 3 aliphatic rings. The zero-order valence-electron chi connectivity index (χ0n) is 10.7. The lowest BCUT2D eigenvalue weighted by atomic mass is 9.83. The molecule has 2 heterocycles. The van der Waals surface area contributed by atoms with Crippen LogP contribution in [0.25, 0.3) is 0 Å². The molecule has 0 aromatic rings. The molecule has 1 N–H and O–H groups in total. The fourth-order valence-corrected chi connectivity index (χ4v) is 3.23. The average Bonchev–Trinajstić information content (AvgIpc) is 3.22. The van der Waals surface area contributed by atoms with E-state index in [4.69, 9.17) is 9.47 Å². The van der Waals surface area contributed by atoms with Crippen LogP contribution in [0, 0.1) is 11.8 Å². The zero-order chi connectivity index (χ0) is 11.5. The van der Waals surface area contributed by atoms with Crippen LogP contribution in [0.5, 0.6) is 0 Å². The number of rotatable bonds is 4. The van der Waals surface area contributed by atoms with Crippen molar-refractivity contribution >= 4 is 0 Å². The van der Waals surface area contributed by atoms with E-state index in [2.05, 4.69) is 5.32 Å². The molecule has 2 saturated heterocycles. The fraction of sp³-hybridized carbons (Fsp3) is 1.00. The molecule has 17 heavy (non-hydrogen) atoms. The highest BCUT2D eigenvalue weighted by atomic mass is 16.5. The molecular weight excluding hydrogens is 214 g/mol. The molecule has 1 aliphatic carbocycles. The van der Waals surface area contributed by atoms with E-state index in [1.807, 2.05) is 0 Å². The summed E-state index contributed by atoms with van der Waals surface area (Å²) in [5.74, 6) is 1.37. The van der Waals surface area contributed by atoms with Gasteiger partial charge < -0.3 is 14.8 Å². The Labute approximate surface area is 104 Å². The van der Waals surface area contributed by atoms with Gasteiger partial charge in [-0.05, 0) is 44.4 Å². The summed E-state index contributed by atoms with van der Waals surface area (Å²) < 4.78 is 11.7. The first kappa shape index (κ1) is 11.9. The van der Waals surface area contributed by atoms with E-state index in [9.17, 15) is 0 Å². The summed E-state index contributed by atoms with van der Waals surface area (Å²) in [6.45, 7) is 3.99. The zero-order valence-corrected chi connectivity index (χ0v) is 10.7. The van der Waals surface area contributed by atoms with Crippen molar-refractivity contribution in [1.29, 1.82) is 0 Å². The molecule has 3 unspecified atom stereocenters. The maximum absolute atomic E-state index is 6.06. The second kappa shape index (κ2) is 5.68. The third-order valence-corrected chi connectivity index (χ3v) is 4.40. The van der Waals surface area contributed by atoms with Gasteiger partial charge in [0.15, 0.2) is 0 Å². The van der Waals surface area contributed by atoms with Gasteiger partial charge >= 0.3 is 0 Å². The van der Waals surface area contributed by atoms with Crippen LogP contribution in [0.1, 0.15) is 38.5 Å². The van der Waals surface area contributed by atoms with Gasteiger partial charge in [-0.1, -0.05) is 0 Å². The maximum Gasteiger partial charge on any atom is 0.0665 e. The minimum absolute atomic E-state index is 0.454. The molecule has 3 atom stereocenters. The van der Waals surface area contributed by atoms with Gasteiger partial charge in [0.1, 0.15) is 0 Å². The van der Waals surface area contributed by atoms with Crippen molar-refractivity contribution in [3.05, 3.63) is 0 Å². The van der Waals surface area contributed by atoms with Gasteiger partial charge in [-0.15, -0.1) is 0 Å². The Kier molecular flexibility index (Phi) is 3.99. The largest absolute Gasteiger partial charge is 0.381 e. The van der Waals surface area contributed by atoms with Crippen molar-refractivity contribution in [2.75, 3.05) is 26.4 Å². The second-order valence-electron chi connectivity index (χ2n) is 5.90. The van der Waals surface area contributed by atoms with Crippen LogP contribution in [-0.2, 0) is 9.47 Å². The minimum atomic E-state index is 0.454. The van der Waals surface area contributed by atoms with Crippen molar-refractivity contribution in [2.45, 2.75) is 50.7 Å². The lowest BCUT2D eigenvalue weighted by molar-refractivity contribution is -0.0952. The molecule has 0 aromatic carbocycles. The summed E-state index contributed by atoms with van der Waals surface area (Å²) >= 11 is 0. The van der Waals surface area contributed by atoms with Gasteiger partial charge in [0.2, 0.25) is 0 Å². The first-order valence-electron chi connectivity index (χ1n) is 7.36. The van der Waals surface area contributed by atoms with E-state index in [1.54, 1.807) is 0 Å². The van der Waals surface area contributed by atoms with Crippen LogP contribution in [-0.4, -0.2) is 38.5 Å². The van der Waals surface area contributed by atoms with Gasteiger partial charge in [0.05, 0.1) is 12.7 Å². The Morgan fingerprint density at radius 1 is 1.00 bits per heavy atom. The van der Waals surface area contributed by atoms with Crippen LogP contribution in [0.4, 0.5) is 0 Å². The molecule has 0 spiro atoms. The van der Waals surface area contributed by atoms with Crippen molar-refractivity contribution in [2.24, 2.45) is 11.8 Å². The third kappa shape index (κ3) is 3.21. The van der Waals surface area contributed by atoms with Crippen LogP contribution in [0.3, 0.4) is 0 Å². The summed E-state index contributed by atoms with van der Waals surface area (Å²) in [5, 5.41) is 3.67. The lowest BCUT2D eigenvalue weighted by Crippen LogP contribution is -2.44. The van der Waals surface area contributed by atoms with Crippen molar-refractivity contribution in [1.82, 2.24) is 5.32 Å².